The molecule has 0 radical (unpaired) electrons. The number of hydrogen-bond acceptors (Lipinski definition) is 3. The molecule has 4 nitrogen and oxygen atoms in total. The van der Waals surface area contributed by atoms with E-state index in [4.69, 9.17) is 10.5 Å². The number of carbonyl (C=O) groups excluding carboxylic acids is 1. The van der Waals surface area contributed by atoms with E-state index in [0.717, 1.165) is 4.47 Å². The Morgan fingerprint density at radius 3 is 2.63 bits per heavy atom. The molecule has 0 atom stereocenters. The highest BCUT2D eigenvalue weighted by Crippen LogP contribution is 2.24. The van der Waals surface area contributed by atoms with Crippen LogP contribution in [0.1, 0.15) is 10.4 Å². The van der Waals surface area contributed by atoms with Gasteiger partial charge in [0.2, 0.25) is 0 Å². The molecule has 2 rings (SSSR count). The number of nitrogens with one attached hydrogen (secondary N) is 1. The van der Waals surface area contributed by atoms with Crippen molar-refractivity contribution in [2.45, 2.75) is 0 Å². The molecule has 0 aromatic heterocycles. The third-order valence-corrected chi connectivity index (χ3v) is 3.31. The van der Waals surface area contributed by atoms with E-state index in [2.05, 4.69) is 21.2 Å². The minimum Gasteiger partial charge on any atom is -0.495 e. The molecule has 0 aliphatic carbocycles. The first-order valence-electron chi connectivity index (χ1n) is 5.61. The van der Waals surface area contributed by atoms with E-state index < -0.39 is 0 Å². The van der Waals surface area contributed by atoms with Crippen molar-refractivity contribution in [1.29, 1.82) is 0 Å². The van der Waals surface area contributed by atoms with Gasteiger partial charge in [0.05, 0.1) is 18.5 Å². The van der Waals surface area contributed by atoms with Crippen molar-refractivity contribution in [2.24, 2.45) is 0 Å². The second kappa shape index (κ2) is 5.75. The summed E-state index contributed by atoms with van der Waals surface area (Å²) in [6.07, 6.45) is 0. The number of methoxy groups -OCH3 is 1. The molecule has 2 aromatic carbocycles. The fourth-order valence-corrected chi connectivity index (χ4v) is 2.02. The van der Waals surface area contributed by atoms with Crippen molar-refractivity contribution in [2.75, 3.05) is 18.2 Å². The quantitative estimate of drug-likeness (QED) is 0.853. The smallest absolute Gasteiger partial charge is 0.255 e. The number of hydrogen-bond donors (Lipinski definition) is 2. The lowest BCUT2D eigenvalue weighted by molar-refractivity contribution is 0.102. The number of ether oxygens (including phenoxy) is 1. The van der Waals surface area contributed by atoms with Crippen LogP contribution in [0, 0.1) is 0 Å². The Kier molecular flexibility index (Phi) is 4.06. The van der Waals surface area contributed by atoms with Crippen molar-refractivity contribution in [3.63, 3.8) is 0 Å². The average Bonchev–Trinajstić information content (AvgIpc) is 2.41. The molecule has 1 amide bonds. The number of amides is 1. The van der Waals surface area contributed by atoms with Gasteiger partial charge in [0.1, 0.15) is 5.75 Å². The third-order valence-electron chi connectivity index (χ3n) is 2.61. The van der Waals surface area contributed by atoms with Gasteiger partial charge >= 0.3 is 0 Å². The summed E-state index contributed by atoms with van der Waals surface area (Å²) in [6.45, 7) is 0. The van der Waals surface area contributed by atoms with E-state index in [1.165, 1.54) is 7.11 Å². The summed E-state index contributed by atoms with van der Waals surface area (Å²) < 4.78 is 5.88. The molecule has 0 fully saturated rings. The number of nitrogens with two attached hydrogens (primary N) is 1. The van der Waals surface area contributed by atoms with Crippen LogP contribution >= 0.6 is 15.9 Å². The second-order valence-electron chi connectivity index (χ2n) is 3.89. The maximum absolute atomic E-state index is 12.1. The molecule has 0 aliphatic heterocycles. The molecular weight excluding hydrogens is 308 g/mol. The standard InChI is InChI=1S/C14H13BrN2O2/c1-19-13-7-6-9(8-11(13)16)14(18)17-12-5-3-2-4-10(12)15/h2-8H,16H2,1H3,(H,17,18). The molecule has 19 heavy (non-hydrogen) atoms. The topological polar surface area (TPSA) is 64.3 Å². The van der Waals surface area contributed by atoms with Gasteiger partial charge in [-0.1, -0.05) is 12.1 Å². The Morgan fingerprint density at radius 2 is 2.00 bits per heavy atom. The van der Waals surface area contributed by atoms with Crippen LogP contribution in [0.5, 0.6) is 5.75 Å². The molecule has 0 bridgehead atoms. The highest BCUT2D eigenvalue weighted by atomic mass is 79.9. The van der Waals surface area contributed by atoms with Crippen LogP contribution in [0.3, 0.4) is 0 Å². The van der Waals surface area contributed by atoms with Gasteiger partial charge in [-0.3, -0.25) is 4.79 Å². The monoisotopic (exact) mass is 320 g/mol. The van der Waals surface area contributed by atoms with Crippen molar-refractivity contribution < 1.29 is 9.53 Å². The Morgan fingerprint density at radius 1 is 1.26 bits per heavy atom. The Bertz CT molecular complexity index is 614. The molecule has 3 N–H and O–H groups in total. The van der Waals surface area contributed by atoms with E-state index in [9.17, 15) is 4.79 Å². The lowest BCUT2D eigenvalue weighted by Gasteiger charge is -2.09. The third kappa shape index (κ3) is 3.06. The summed E-state index contributed by atoms with van der Waals surface area (Å²) in [5.74, 6) is 0.332. The average molecular weight is 321 g/mol. The minimum atomic E-state index is -0.221. The van der Waals surface area contributed by atoms with Crippen molar-refractivity contribution >= 4 is 33.2 Å². The fraction of sp³-hybridized carbons (Fsp3) is 0.0714. The number of rotatable bonds is 3. The first kappa shape index (κ1) is 13.4. The summed E-state index contributed by atoms with van der Waals surface area (Å²) in [7, 11) is 1.53. The molecule has 98 valence electrons. The van der Waals surface area contributed by atoms with Crippen molar-refractivity contribution in [1.82, 2.24) is 0 Å². The first-order chi connectivity index (χ1) is 9.11. The summed E-state index contributed by atoms with van der Waals surface area (Å²) in [4.78, 5) is 12.1. The molecule has 0 unspecified atom stereocenters. The van der Waals surface area contributed by atoms with Crippen molar-refractivity contribution in [3.05, 3.63) is 52.5 Å². The SMILES string of the molecule is COc1ccc(C(=O)Nc2ccccc2Br)cc1N. The largest absolute Gasteiger partial charge is 0.495 e. The summed E-state index contributed by atoms with van der Waals surface area (Å²) in [5, 5.41) is 2.81. The first-order valence-corrected chi connectivity index (χ1v) is 6.40. The Balaban J connectivity index is 2.21. The summed E-state index contributed by atoms with van der Waals surface area (Å²) in [5.41, 5.74) is 7.40. The number of para-hydroxylation sites is 1. The van der Waals surface area contributed by atoms with Crippen LogP contribution in [0.4, 0.5) is 11.4 Å². The minimum absolute atomic E-state index is 0.221. The molecule has 5 heteroatoms. The van der Waals surface area contributed by atoms with Gasteiger partial charge in [0, 0.05) is 10.0 Å². The lowest BCUT2D eigenvalue weighted by atomic mass is 10.1. The summed E-state index contributed by atoms with van der Waals surface area (Å²) >= 11 is 3.38. The number of halogens is 1. The Labute approximate surface area is 119 Å². The normalized spacial score (nSPS) is 10.0. The van der Waals surface area contributed by atoms with Gasteiger partial charge in [-0.2, -0.15) is 0 Å². The molecular formula is C14H13BrN2O2. The summed E-state index contributed by atoms with van der Waals surface area (Å²) in [6, 6.07) is 12.3. The molecule has 0 saturated heterocycles. The van der Waals surface area contributed by atoms with Crippen LogP contribution in [-0.2, 0) is 0 Å². The van der Waals surface area contributed by atoms with E-state index in [1.54, 1.807) is 18.2 Å². The van der Waals surface area contributed by atoms with E-state index in [1.807, 2.05) is 24.3 Å². The van der Waals surface area contributed by atoms with Gasteiger partial charge in [-0.25, -0.2) is 0 Å². The van der Waals surface area contributed by atoms with E-state index in [0.29, 0.717) is 22.7 Å². The molecule has 0 saturated carbocycles. The zero-order valence-electron chi connectivity index (χ0n) is 10.3. The number of anilines is 2. The highest BCUT2D eigenvalue weighted by Gasteiger charge is 2.10. The number of carbonyl (C=O) groups is 1. The maximum Gasteiger partial charge on any atom is 0.255 e. The van der Waals surface area contributed by atoms with Crippen LogP contribution in [0.15, 0.2) is 46.9 Å². The maximum atomic E-state index is 12.1. The Hall–Kier alpha value is -2.01. The predicted molar refractivity (Wildman–Crippen MR) is 79.5 cm³/mol. The van der Waals surface area contributed by atoms with Crippen LogP contribution < -0.4 is 15.8 Å². The predicted octanol–water partition coefficient (Wildman–Crippen LogP) is 3.29. The highest BCUT2D eigenvalue weighted by molar-refractivity contribution is 9.10. The fourth-order valence-electron chi connectivity index (χ4n) is 1.63. The molecule has 0 heterocycles. The van der Waals surface area contributed by atoms with Crippen LogP contribution in [0.2, 0.25) is 0 Å². The number of benzene rings is 2. The van der Waals surface area contributed by atoms with Gasteiger partial charge in [-0.05, 0) is 46.3 Å². The van der Waals surface area contributed by atoms with Crippen molar-refractivity contribution in [3.8, 4) is 5.75 Å². The van der Waals surface area contributed by atoms with Gasteiger partial charge in [0.15, 0.2) is 0 Å². The van der Waals surface area contributed by atoms with Gasteiger partial charge < -0.3 is 15.8 Å². The van der Waals surface area contributed by atoms with Gasteiger partial charge in [0.25, 0.3) is 5.91 Å². The number of nitrogen functional groups attached to an aromatic ring is 1. The molecule has 0 spiro atoms. The zero-order chi connectivity index (χ0) is 13.8. The van der Waals surface area contributed by atoms with Gasteiger partial charge in [-0.15, -0.1) is 0 Å². The molecule has 2 aromatic rings. The zero-order valence-corrected chi connectivity index (χ0v) is 11.9. The van der Waals surface area contributed by atoms with Crippen LogP contribution in [-0.4, -0.2) is 13.0 Å². The van der Waals surface area contributed by atoms with E-state index in [-0.39, 0.29) is 5.91 Å². The van der Waals surface area contributed by atoms with E-state index >= 15 is 0 Å². The molecule has 0 aliphatic rings. The second-order valence-corrected chi connectivity index (χ2v) is 4.75. The lowest BCUT2D eigenvalue weighted by Crippen LogP contribution is -2.12. The van der Waals surface area contributed by atoms with Crippen LogP contribution in [0.25, 0.3) is 0 Å².